The minimum atomic E-state index is -0.109. The van der Waals surface area contributed by atoms with Gasteiger partial charge in [0.25, 0.3) is 0 Å². The van der Waals surface area contributed by atoms with Crippen LogP contribution in [0.2, 0.25) is 0 Å². The van der Waals surface area contributed by atoms with Gasteiger partial charge in [-0.2, -0.15) is 15.4 Å². The smallest absolute Gasteiger partial charge is 0.243 e. The van der Waals surface area contributed by atoms with Crippen LogP contribution in [0.15, 0.2) is 37.2 Å². The molecule has 2 N–H and O–H groups in total. The summed E-state index contributed by atoms with van der Waals surface area (Å²) >= 11 is 0. The molecule has 6 heteroatoms. The van der Waals surface area contributed by atoms with Crippen molar-refractivity contribution >= 4 is 5.91 Å². The van der Waals surface area contributed by atoms with Crippen molar-refractivity contribution in [3.05, 3.63) is 42.7 Å². The standard InChI is InChI=1S/C15H19N5O/c1-2-15(21)16-9-5-3-4-6-12-7-8-13(17-10-12)14-11-18-20-19-14/h2,7-8,10-11H,1,3-6,9H2,(H,16,21)(H,18,19,20). The molecule has 21 heavy (non-hydrogen) atoms. The second-order valence-corrected chi connectivity index (χ2v) is 4.71. The molecule has 0 spiro atoms. The van der Waals surface area contributed by atoms with Crippen molar-refractivity contribution in [1.82, 2.24) is 25.7 Å². The fourth-order valence-electron chi connectivity index (χ4n) is 1.96. The number of unbranched alkanes of at least 4 members (excludes halogenated alkanes) is 2. The Morgan fingerprint density at radius 3 is 2.81 bits per heavy atom. The van der Waals surface area contributed by atoms with Crippen LogP contribution >= 0.6 is 0 Å². The van der Waals surface area contributed by atoms with E-state index in [2.05, 4.69) is 38.4 Å². The van der Waals surface area contributed by atoms with E-state index in [0.29, 0.717) is 6.54 Å². The highest BCUT2D eigenvalue weighted by molar-refractivity contribution is 5.86. The van der Waals surface area contributed by atoms with E-state index in [1.165, 1.54) is 11.6 Å². The van der Waals surface area contributed by atoms with Gasteiger partial charge in [-0.15, -0.1) is 0 Å². The van der Waals surface area contributed by atoms with Gasteiger partial charge in [-0.25, -0.2) is 0 Å². The van der Waals surface area contributed by atoms with Gasteiger partial charge < -0.3 is 5.32 Å². The van der Waals surface area contributed by atoms with Crippen molar-refractivity contribution < 1.29 is 4.79 Å². The summed E-state index contributed by atoms with van der Waals surface area (Å²) in [6, 6.07) is 4.02. The topological polar surface area (TPSA) is 83.6 Å². The number of aromatic nitrogens is 4. The number of nitrogens with zero attached hydrogens (tertiary/aromatic N) is 3. The molecule has 0 aliphatic carbocycles. The van der Waals surface area contributed by atoms with Crippen LogP contribution in [-0.4, -0.2) is 32.8 Å². The molecule has 0 bridgehead atoms. The number of carbonyl (C=O) groups is 1. The van der Waals surface area contributed by atoms with Crippen LogP contribution in [0.4, 0.5) is 0 Å². The van der Waals surface area contributed by atoms with Gasteiger partial charge in [-0.05, 0) is 37.0 Å². The Hall–Kier alpha value is -2.50. The summed E-state index contributed by atoms with van der Waals surface area (Å²) < 4.78 is 0. The highest BCUT2D eigenvalue weighted by atomic mass is 16.1. The minimum Gasteiger partial charge on any atom is -0.353 e. The molecule has 0 fully saturated rings. The highest BCUT2D eigenvalue weighted by Gasteiger charge is 2.02. The molecular formula is C15H19N5O. The molecule has 2 heterocycles. The van der Waals surface area contributed by atoms with Crippen molar-refractivity contribution in [2.75, 3.05) is 6.54 Å². The number of hydrogen-bond donors (Lipinski definition) is 2. The first kappa shape index (κ1) is 14.9. The molecule has 2 rings (SSSR count). The van der Waals surface area contributed by atoms with Gasteiger partial charge in [-0.1, -0.05) is 19.1 Å². The second kappa shape index (κ2) is 7.94. The molecule has 0 saturated carbocycles. The van der Waals surface area contributed by atoms with Crippen molar-refractivity contribution in [1.29, 1.82) is 0 Å². The van der Waals surface area contributed by atoms with Gasteiger partial charge in [0.15, 0.2) is 0 Å². The van der Waals surface area contributed by atoms with E-state index < -0.39 is 0 Å². The number of aromatic amines is 1. The summed E-state index contributed by atoms with van der Waals surface area (Å²) in [5, 5.41) is 13.1. The van der Waals surface area contributed by atoms with Crippen LogP contribution in [0.3, 0.4) is 0 Å². The van der Waals surface area contributed by atoms with Crippen LogP contribution in [0.5, 0.6) is 0 Å². The Labute approximate surface area is 123 Å². The zero-order chi connectivity index (χ0) is 14.9. The fraction of sp³-hybridized carbons (Fsp3) is 0.333. The Morgan fingerprint density at radius 1 is 1.24 bits per heavy atom. The largest absolute Gasteiger partial charge is 0.353 e. The van der Waals surface area contributed by atoms with Gasteiger partial charge in [-0.3, -0.25) is 9.78 Å². The number of pyridine rings is 1. The predicted octanol–water partition coefficient (Wildman–Crippen LogP) is 1.88. The Morgan fingerprint density at radius 2 is 2.14 bits per heavy atom. The summed E-state index contributed by atoms with van der Waals surface area (Å²) in [5.74, 6) is -0.109. The van der Waals surface area contributed by atoms with E-state index in [0.717, 1.165) is 37.1 Å². The molecular weight excluding hydrogens is 266 g/mol. The molecule has 0 saturated heterocycles. The van der Waals surface area contributed by atoms with Crippen molar-refractivity contribution in [2.24, 2.45) is 0 Å². The zero-order valence-corrected chi connectivity index (χ0v) is 11.9. The maximum atomic E-state index is 10.9. The van der Waals surface area contributed by atoms with E-state index in [-0.39, 0.29) is 5.91 Å². The molecule has 0 radical (unpaired) electrons. The number of carbonyl (C=O) groups excluding carboxylic acids is 1. The van der Waals surface area contributed by atoms with Gasteiger partial charge in [0.1, 0.15) is 5.69 Å². The molecule has 2 aromatic rings. The fourth-order valence-corrected chi connectivity index (χ4v) is 1.96. The van der Waals surface area contributed by atoms with Crippen molar-refractivity contribution in [2.45, 2.75) is 25.7 Å². The lowest BCUT2D eigenvalue weighted by Gasteiger charge is -2.03. The third kappa shape index (κ3) is 4.83. The number of H-pyrrole nitrogens is 1. The predicted molar refractivity (Wildman–Crippen MR) is 80.4 cm³/mol. The maximum absolute atomic E-state index is 10.9. The Balaban J connectivity index is 1.67. The van der Waals surface area contributed by atoms with E-state index in [4.69, 9.17) is 0 Å². The molecule has 110 valence electrons. The third-order valence-electron chi connectivity index (χ3n) is 3.13. The third-order valence-corrected chi connectivity index (χ3v) is 3.13. The molecule has 6 nitrogen and oxygen atoms in total. The van der Waals surface area contributed by atoms with E-state index in [9.17, 15) is 4.79 Å². The monoisotopic (exact) mass is 285 g/mol. The molecule has 0 atom stereocenters. The summed E-state index contributed by atoms with van der Waals surface area (Å²) in [7, 11) is 0. The van der Waals surface area contributed by atoms with Gasteiger partial charge in [0.2, 0.25) is 5.91 Å². The number of amides is 1. The first-order valence-corrected chi connectivity index (χ1v) is 7.01. The Bertz CT molecular complexity index is 562. The first-order chi connectivity index (χ1) is 10.3. The number of aryl methyl sites for hydroxylation is 1. The lowest BCUT2D eigenvalue weighted by atomic mass is 10.1. The molecule has 0 aliphatic rings. The van der Waals surface area contributed by atoms with Crippen LogP contribution in [0.25, 0.3) is 11.4 Å². The lowest BCUT2D eigenvalue weighted by Crippen LogP contribution is -2.21. The van der Waals surface area contributed by atoms with Crippen molar-refractivity contribution in [3.63, 3.8) is 0 Å². The van der Waals surface area contributed by atoms with Crippen LogP contribution < -0.4 is 5.32 Å². The SMILES string of the molecule is C=CC(=O)NCCCCCc1ccc(-c2cn[nH]n2)nc1. The van der Waals surface area contributed by atoms with Crippen LogP contribution in [0, 0.1) is 0 Å². The number of rotatable bonds is 8. The molecule has 0 aromatic carbocycles. The van der Waals surface area contributed by atoms with Crippen molar-refractivity contribution in [3.8, 4) is 11.4 Å². The maximum Gasteiger partial charge on any atom is 0.243 e. The summed E-state index contributed by atoms with van der Waals surface area (Å²) in [6.07, 6.45) is 8.94. The zero-order valence-electron chi connectivity index (χ0n) is 11.9. The van der Waals surface area contributed by atoms with Crippen LogP contribution in [-0.2, 0) is 11.2 Å². The minimum absolute atomic E-state index is 0.109. The quantitative estimate of drug-likeness (QED) is 0.573. The van der Waals surface area contributed by atoms with Gasteiger partial charge in [0.05, 0.1) is 11.9 Å². The molecule has 2 aromatic heterocycles. The molecule has 0 unspecified atom stereocenters. The summed E-state index contributed by atoms with van der Waals surface area (Å²) in [5.41, 5.74) is 2.77. The highest BCUT2D eigenvalue weighted by Crippen LogP contribution is 2.13. The number of nitrogens with one attached hydrogen (secondary N) is 2. The average molecular weight is 285 g/mol. The molecule has 0 aliphatic heterocycles. The Kier molecular flexibility index (Phi) is 5.63. The van der Waals surface area contributed by atoms with E-state index >= 15 is 0 Å². The van der Waals surface area contributed by atoms with E-state index in [1.807, 2.05) is 12.3 Å². The first-order valence-electron chi connectivity index (χ1n) is 7.01. The van der Waals surface area contributed by atoms with E-state index in [1.54, 1.807) is 6.20 Å². The number of hydrogen-bond acceptors (Lipinski definition) is 4. The van der Waals surface area contributed by atoms with Gasteiger partial charge >= 0.3 is 0 Å². The summed E-state index contributed by atoms with van der Waals surface area (Å²) in [6.45, 7) is 4.11. The average Bonchev–Trinajstić information content (AvgIpc) is 3.05. The summed E-state index contributed by atoms with van der Waals surface area (Å²) in [4.78, 5) is 15.3. The molecule has 1 amide bonds. The second-order valence-electron chi connectivity index (χ2n) is 4.71. The lowest BCUT2D eigenvalue weighted by molar-refractivity contribution is -0.116. The van der Waals surface area contributed by atoms with Crippen LogP contribution in [0.1, 0.15) is 24.8 Å². The van der Waals surface area contributed by atoms with Gasteiger partial charge in [0, 0.05) is 12.7 Å². The normalized spacial score (nSPS) is 10.3.